The van der Waals surface area contributed by atoms with Gasteiger partial charge in [-0.15, -0.1) is 23.2 Å². The van der Waals surface area contributed by atoms with E-state index in [0.717, 1.165) is 40.4 Å². The zero-order valence-corrected chi connectivity index (χ0v) is 19.8. The summed E-state index contributed by atoms with van der Waals surface area (Å²) in [5.74, 6) is -2.22. The van der Waals surface area contributed by atoms with Crippen LogP contribution >= 0.6 is 35.0 Å². The quantitative estimate of drug-likeness (QED) is 0.413. The summed E-state index contributed by atoms with van der Waals surface area (Å²) in [5.41, 5.74) is 0.631. The number of rotatable bonds is 6. The van der Waals surface area contributed by atoms with Crippen LogP contribution in [0.1, 0.15) is 25.7 Å². The fraction of sp³-hybridized carbons (Fsp3) is 0.389. The van der Waals surface area contributed by atoms with E-state index in [4.69, 9.17) is 28.3 Å². The van der Waals surface area contributed by atoms with E-state index in [9.17, 15) is 31.6 Å². The van der Waals surface area contributed by atoms with E-state index in [1.165, 1.54) is 0 Å². The highest BCUT2D eigenvalue weighted by Crippen LogP contribution is 2.44. The van der Waals surface area contributed by atoms with Crippen LogP contribution in [0, 0.1) is 0 Å². The van der Waals surface area contributed by atoms with Crippen molar-refractivity contribution in [2.75, 3.05) is 11.9 Å². The van der Waals surface area contributed by atoms with Crippen molar-refractivity contribution in [2.24, 2.45) is 5.14 Å². The molecular weight excluding hydrogens is 527 g/mol. The summed E-state index contributed by atoms with van der Waals surface area (Å²) in [4.78, 5) is 37.7. The maximum absolute atomic E-state index is 12.7. The third-order valence-electron chi connectivity index (χ3n) is 4.81. The molecule has 0 unspecified atom stereocenters. The minimum absolute atomic E-state index is 0.110. The van der Waals surface area contributed by atoms with Gasteiger partial charge in [-0.25, -0.2) is 13.6 Å². The zero-order chi connectivity index (χ0) is 24.6. The molecule has 0 radical (unpaired) electrons. The van der Waals surface area contributed by atoms with Gasteiger partial charge in [-0.05, 0) is 49.6 Å². The number of sulfonamides is 1. The van der Waals surface area contributed by atoms with Gasteiger partial charge < -0.3 is 10.1 Å². The first-order valence-corrected chi connectivity index (χ1v) is 12.4. The van der Waals surface area contributed by atoms with Gasteiger partial charge in [-0.1, -0.05) is 5.57 Å². The topological polar surface area (TPSA) is 136 Å². The molecule has 3 N–H and O–H groups in total. The molecule has 1 heterocycles. The van der Waals surface area contributed by atoms with Crippen molar-refractivity contribution in [2.45, 2.75) is 41.5 Å². The van der Waals surface area contributed by atoms with E-state index in [-0.39, 0.29) is 10.6 Å². The number of hydrogen-bond acceptors (Lipinski definition) is 7. The van der Waals surface area contributed by atoms with E-state index in [1.54, 1.807) is 0 Å². The summed E-state index contributed by atoms with van der Waals surface area (Å²) in [6.07, 6.45) is 1.74. The van der Waals surface area contributed by atoms with Gasteiger partial charge in [0, 0.05) is 11.8 Å². The van der Waals surface area contributed by atoms with Crippen molar-refractivity contribution >= 4 is 67.7 Å². The van der Waals surface area contributed by atoms with Gasteiger partial charge in [0.15, 0.2) is 0 Å². The number of anilines is 1. The number of nitrogens with one attached hydrogen (secondary N) is 1. The van der Waals surface area contributed by atoms with E-state index >= 15 is 0 Å². The molecule has 180 valence electrons. The molecule has 2 aliphatic rings. The molecule has 1 aliphatic heterocycles. The molecule has 1 aromatic carbocycles. The van der Waals surface area contributed by atoms with Crippen LogP contribution in [0.3, 0.4) is 0 Å². The second kappa shape index (κ2) is 9.74. The zero-order valence-electron chi connectivity index (χ0n) is 16.6. The van der Waals surface area contributed by atoms with Gasteiger partial charge in [0.2, 0.25) is 15.9 Å². The van der Waals surface area contributed by atoms with E-state index < -0.39 is 55.2 Å². The van der Waals surface area contributed by atoms with Crippen molar-refractivity contribution in [3.05, 3.63) is 28.7 Å². The fourth-order valence-corrected chi connectivity index (χ4v) is 5.25. The third kappa shape index (κ3) is 6.35. The minimum atomic E-state index is -4.37. The lowest BCUT2D eigenvalue weighted by molar-refractivity contribution is -0.127. The van der Waals surface area contributed by atoms with Gasteiger partial charge in [0.25, 0.3) is 11.1 Å². The Kier molecular flexibility index (Phi) is 7.58. The Morgan fingerprint density at radius 3 is 2.48 bits per heavy atom. The monoisotopic (exact) mass is 543 g/mol. The van der Waals surface area contributed by atoms with Crippen LogP contribution in [-0.4, -0.2) is 47.9 Å². The number of benzene rings is 1. The molecule has 0 bridgehead atoms. The van der Waals surface area contributed by atoms with Gasteiger partial charge in [-0.3, -0.25) is 19.3 Å². The van der Waals surface area contributed by atoms with E-state index in [2.05, 4.69) is 10.1 Å². The van der Waals surface area contributed by atoms with Crippen LogP contribution < -0.4 is 15.2 Å². The molecule has 9 nitrogen and oxygen atoms in total. The maximum Gasteiger partial charge on any atom is 0.387 e. The molecule has 0 spiro atoms. The van der Waals surface area contributed by atoms with Crippen LogP contribution in [-0.2, 0) is 19.6 Å². The maximum atomic E-state index is 12.7. The van der Waals surface area contributed by atoms with Gasteiger partial charge >= 0.3 is 6.61 Å². The van der Waals surface area contributed by atoms with Crippen molar-refractivity contribution in [1.82, 2.24) is 4.90 Å². The molecule has 2 fully saturated rings. The predicted octanol–water partition coefficient (Wildman–Crippen LogP) is 3.57. The molecule has 3 amide bonds. The second-order valence-corrected chi connectivity index (χ2v) is 11.3. The number of amides is 3. The van der Waals surface area contributed by atoms with Gasteiger partial charge in [0.1, 0.15) is 21.5 Å². The number of hydrogen-bond donors (Lipinski definition) is 2. The first-order chi connectivity index (χ1) is 15.3. The Balaban J connectivity index is 1.72. The van der Waals surface area contributed by atoms with Gasteiger partial charge in [0.05, 0.1) is 4.91 Å². The third-order valence-corrected chi connectivity index (χ3v) is 7.58. The number of allylic oxidation sites excluding steroid dienone is 1. The normalized spacial score (nSPS) is 18.8. The lowest BCUT2D eigenvalue weighted by atomic mass is 9.93. The molecule has 1 saturated carbocycles. The molecule has 15 heteroatoms. The number of alkyl halides is 4. The molecule has 1 aliphatic carbocycles. The summed E-state index contributed by atoms with van der Waals surface area (Å²) >= 11 is 12.9. The summed E-state index contributed by atoms with van der Waals surface area (Å²) in [6, 6.07) is 2.81. The minimum Gasteiger partial charge on any atom is -0.433 e. The van der Waals surface area contributed by atoms with Crippen LogP contribution in [0.25, 0.3) is 0 Å². The first kappa shape index (κ1) is 25.7. The summed E-state index contributed by atoms with van der Waals surface area (Å²) in [7, 11) is -4.37. The highest BCUT2D eigenvalue weighted by atomic mass is 35.5. The highest BCUT2D eigenvalue weighted by Gasteiger charge is 2.40. The number of halogens is 4. The number of ether oxygens (including phenoxy) is 1. The number of carbonyl (C=O) groups is 3. The van der Waals surface area contributed by atoms with Crippen LogP contribution in [0.2, 0.25) is 0 Å². The standard InChI is InChI=1S/C18H17Cl2F2N3O6S2/c19-18(20)5-3-9(4-6-18)14-15(27)25(17(28)32-14)8-13(26)24-10-1-2-12(33(23,29)30)11(7-10)31-16(21)22/h1-2,7,16H,3-6,8H2,(H,24,26)(H2,23,29,30). The van der Waals surface area contributed by atoms with Crippen molar-refractivity contribution < 1.29 is 36.3 Å². The van der Waals surface area contributed by atoms with Crippen LogP contribution in [0.5, 0.6) is 5.75 Å². The lowest BCUT2D eigenvalue weighted by Crippen LogP contribution is -2.36. The average Bonchev–Trinajstić information content (AvgIpc) is 2.95. The van der Waals surface area contributed by atoms with Crippen molar-refractivity contribution in [1.29, 1.82) is 0 Å². The predicted molar refractivity (Wildman–Crippen MR) is 118 cm³/mol. The molecule has 33 heavy (non-hydrogen) atoms. The van der Waals surface area contributed by atoms with E-state index in [0.29, 0.717) is 25.7 Å². The Morgan fingerprint density at radius 1 is 1.27 bits per heavy atom. The van der Waals surface area contributed by atoms with Gasteiger partial charge in [-0.2, -0.15) is 8.78 Å². The number of nitrogens with zero attached hydrogens (tertiary/aromatic N) is 1. The molecule has 0 aromatic heterocycles. The molecule has 1 saturated heterocycles. The molecular formula is C18H17Cl2F2N3O6S2. The molecule has 1 aromatic rings. The Bertz CT molecular complexity index is 1130. The SMILES string of the molecule is NS(=O)(=O)c1ccc(NC(=O)CN2C(=O)SC(=C3CCC(Cl)(Cl)CC3)C2=O)cc1OC(F)F. The fourth-order valence-electron chi connectivity index (χ4n) is 3.25. The summed E-state index contributed by atoms with van der Waals surface area (Å²) < 4.78 is 51.6. The van der Waals surface area contributed by atoms with Crippen molar-refractivity contribution in [3.8, 4) is 5.75 Å². The number of primary sulfonamides is 1. The lowest BCUT2D eigenvalue weighted by Gasteiger charge is -2.26. The first-order valence-electron chi connectivity index (χ1n) is 9.32. The van der Waals surface area contributed by atoms with Crippen LogP contribution in [0.4, 0.5) is 19.3 Å². The van der Waals surface area contributed by atoms with Crippen molar-refractivity contribution in [3.63, 3.8) is 0 Å². The highest BCUT2D eigenvalue weighted by molar-refractivity contribution is 8.18. The van der Waals surface area contributed by atoms with E-state index in [1.807, 2.05) is 0 Å². The number of imide groups is 1. The number of nitrogens with two attached hydrogens (primary N) is 1. The largest absolute Gasteiger partial charge is 0.433 e. The number of thioether (sulfide) groups is 1. The Hall–Kier alpha value is -1.93. The number of carbonyl (C=O) groups excluding carboxylic acids is 3. The molecule has 3 rings (SSSR count). The second-order valence-electron chi connectivity index (χ2n) is 7.18. The Morgan fingerprint density at radius 2 is 1.91 bits per heavy atom. The Labute approximate surface area is 201 Å². The smallest absolute Gasteiger partial charge is 0.387 e. The average molecular weight is 544 g/mol. The van der Waals surface area contributed by atoms with Crippen LogP contribution in [0.15, 0.2) is 33.6 Å². The summed E-state index contributed by atoms with van der Waals surface area (Å²) in [5, 5.41) is 6.63. The summed E-state index contributed by atoms with van der Waals surface area (Å²) in [6.45, 7) is -3.99. The molecule has 0 atom stereocenters.